The predicted molar refractivity (Wildman–Crippen MR) is 92.9 cm³/mol. The van der Waals surface area contributed by atoms with Crippen LogP contribution in [-0.4, -0.2) is 14.8 Å². The summed E-state index contributed by atoms with van der Waals surface area (Å²) in [5, 5.41) is 4.52. The summed E-state index contributed by atoms with van der Waals surface area (Å²) in [6.45, 7) is 4.27. The molecule has 116 valence electrons. The van der Waals surface area contributed by atoms with Gasteiger partial charge in [0.05, 0.1) is 11.9 Å². The molecule has 4 rings (SSSR count). The summed E-state index contributed by atoms with van der Waals surface area (Å²) in [4.78, 5) is 4.91. The Kier molecular flexibility index (Phi) is 3.49. The van der Waals surface area contributed by atoms with Crippen LogP contribution in [0.2, 0.25) is 0 Å². The van der Waals surface area contributed by atoms with Crippen LogP contribution in [0.15, 0.2) is 42.6 Å². The molecule has 3 nitrogen and oxygen atoms in total. The molecule has 1 aliphatic carbocycles. The van der Waals surface area contributed by atoms with E-state index in [1.807, 2.05) is 16.9 Å². The number of aryl methyl sites for hydroxylation is 2. The van der Waals surface area contributed by atoms with Crippen LogP contribution >= 0.6 is 0 Å². The fourth-order valence-corrected chi connectivity index (χ4v) is 3.63. The number of rotatable bonds is 3. The fourth-order valence-electron chi connectivity index (χ4n) is 3.63. The van der Waals surface area contributed by atoms with Gasteiger partial charge in [-0.3, -0.25) is 0 Å². The fraction of sp³-hybridized carbons (Fsp3) is 0.300. The van der Waals surface area contributed by atoms with Crippen LogP contribution in [0.1, 0.15) is 35.7 Å². The summed E-state index contributed by atoms with van der Waals surface area (Å²) < 4.78 is 1.97. The summed E-state index contributed by atoms with van der Waals surface area (Å²) in [5.41, 5.74) is 7.75. The molecule has 2 aromatic heterocycles. The van der Waals surface area contributed by atoms with E-state index in [0.717, 1.165) is 17.9 Å². The highest BCUT2D eigenvalue weighted by Crippen LogP contribution is 2.31. The molecule has 0 N–H and O–H groups in total. The third kappa shape index (κ3) is 2.37. The second-order valence-corrected chi connectivity index (χ2v) is 6.22. The van der Waals surface area contributed by atoms with E-state index in [2.05, 4.69) is 49.3 Å². The minimum Gasteiger partial charge on any atom is -0.229 e. The second kappa shape index (κ2) is 5.65. The zero-order valence-corrected chi connectivity index (χ0v) is 13.7. The van der Waals surface area contributed by atoms with Crippen molar-refractivity contribution in [3.05, 3.63) is 65.0 Å². The van der Waals surface area contributed by atoms with E-state index >= 15 is 0 Å². The molecule has 3 aromatic rings. The van der Waals surface area contributed by atoms with Gasteiger partial charge in [0.15, 0.2) is 5.82 Å². The van der Waals surface area contributed by atoms with Gasteiger partial charge in [0.2, 0.25) is 0 Å². The van der Waals surface area contributed by atoms with Gasteiger partial charge in [-0.05, 0) is 61.4 Å². The first-order chi connectivity index (χ1) is 11.3. The largest absolute Gasteiger partial charge is 0.229 e. The lowest BCUT2D eigenvalue weighted by Gasteiger charge is -2.11. The van der Waals surface area contributed by atoms with E-state index < -0.39 is 0 Å². The van der Waals surface area contributed by atoms with Crippen molar-refractivity contribution in [2.75, 3.05) is 0 Å². The minimum atomic E-state index is 0.906. The van der Waals surface area contributed by atoms with Crippen molar-refractivity contribution in [3.8, 4) is 17.1 Å². The Labute approximate surface area is 137 Å². The van der Waals surface area contributed by atoms with Gasteiger partial charge < -0.3 is 0 Å². The number of hydrogen-bond acceptors (Lipinski definition) is 2. The van der Waals surface area contributed by atoms with E-state index in [1.165, 1.54) is 47.2 Å². The van der Waals surface area contributed by atoms with Gasteiger partial charge in [-0.1, -0.05) is 31.2 Å². The number of aromatic nitrogens is 3. The van der Waals surface area contributed by atoms with Crippen molar-refractivity contribution in [1.29, 1.82) is 0 Å². The highest BCUT2D eigenvalue weighted by atomic mass is 15.3. The van der Waals surface area contributed by atoms with Crippen LogP contribution in [0.5, 0.6) is 0 Å². The van der Waals surface area contributed by atoms with Crippen molar-refractivity contribution >= 4 is 0 Å². The monoisotopic (exact) mass is 303 g/mol. The highest BCUT2D eigenvalue weighted by Gasteiger charge is 2.17. The molecule has 0 radical (unpaired) electrons. The molecule has 23 heavy (non-hydrogen) atoms. The third-order valence-electron chi connectivity index (χ3n) is 4.79. The second-order valence-electron chi connectivity index (χ2n) is 6.22. The van der Waals surface area contributed by atoms with Crippen LogP contribution in [0.4, 0.5) is 0 Å². The molecule has 0 aliphatic heterocycles. The molecule has 3 heteroatoms. The molecule has 0 spiro atoms. The maximum absolute atomic E-state index is 4.91. The molecule has 0 atom stereocenters. The molecule has 1 aliphatic rings. The standard InChI is InChI=1S/C20H21N3/c1-3-19-14(2)13-21-23(19)20-12-6-11-18(22-20)17-10-5-8-15-7-4-9-16(15)17/h5-6,8,10-13H,3-4,7,9H2,1-2H3. The van der Waals surface area contributed by atoms with Crippen molar-refractivity contribution in [3.63, 3.8) is 0 Å². The number of pyridine rings is 1. The van der Waals surface area contributed by atoms with E-state index in [9.17, 15) is 0 Å². The molecule has 0 unspecified atom stereocenters. The van der Waals surface area contributed by atoms with Gasteiger partial charge in [0.25, 0.3) is 0 Å². The van der Waals surface area contributed by atoms with Crippen LogP contribution in [0, 0.1) is 6.92 Å². The van der Waals surface area contributed by atoms with Gasteiger partial charge in [0.1, 0.15) is 0 Å². The minimum absolute atomic E-state index is 0.906. The number of fused-ring (bicyclic) bond motifs is 1. The first-order valence-electron chi connectivity index (χ1n) is 8.40. The smallest absolute Gasteiger partial charge is 0.154 e. The van der Waals surface area contributed by atoms with E-state index in [0.29, 0.717) is 0 Å². The van der Waals surface area contributed by atoms with Crippen molar-refractivity contribution in [2.24, 2.45) is 0 Å². The zero-order valence-electron chi connectivity index (χ0n) is 13.7. The predicted octanol–water partition coefficient (Wildman–Crippen LogP) is 4.29. The summed E-state index contributed by atoms with van der Waals surface area (Å²) in [6, 6.07) is 12.8. The maximum atomic E-state index is 4.91. The van der Waals surface area contributed by atoms with Gasteiger partial charge in [-0.25, -0.2) is 9.67 Å². The Morgan fingerprint density at radius 3 is 2.83 bits per heavy atom. The molecule has 0 bridgehead atoms. The average molecular weight is 303 g/mol. The maximum Gasteiger partial charge on any atom is 0.154 e. The third-order valence-corrected chi connectivity index (χ3v) is 4.79. The molecule has 0 saturated heterocycles. The number of benzene rings is 1. The summed E-state index contributed by atoms with van der Waals surface area (Å²) in [6.07, 6.45) is 6.50. The van der Waals surface area contributed by atoms with Crippen molar-refractivity contribution < 1.29 is 0 Å². The molecular weight excluding hydrogens is 282 g/mol. The number of hydrogen-bond donors (Lipinski definition) is 0. The van der Waals surface area contributed by atoms with Gasteiger partial charge in [-0.15, -0.1) is 0 Å². The summed E-state index contributed by atoms with van der Waals surface area (Å²) in [7, 11) is 0. The average Bonchev–Trinajstić information content (AvgIpc) is 3.20. The quantitative estimate of drug-likeness (QED) is 0.722. The van der Waals surface area contributed by atoms with E-state index in [-0.39, 0.29) is 0 Å². The van der Waals surface area contributed by atoms with Gasteiger partial charge in [-0.2, -0.15) is 5.10 Å². The van der Waals surface area contributed by atoms with E-state index in [4.69, 9.17) is 4.98 Å². The van der Waals surface area contributed by atoms with Gasteiger partial charge >= 0.3 is 0 Å². The topological polar surface area (TPSA) is 30.7 Å². The number of nitrogens with zero attached hydrogens (tertiary/aromatic N) is 3. The van der Waals surface area contributed by atoms with E-state index in [1.54, 1.807) is 0 Å². The normalized spacial score (nSPS) is 13.3. The summed E-state index contributed by atoms with van der Waals surface area (Å²) >= 11 is 0. The van der Waals surface area contributed by atoms with Crippen LogP contribution in [0.25, 0.3) is 17.1 Å². The van der Waals surface area contributed by atoms with Gasteiger partial charge in [0, 0.05) is 11.3 Å². The highest BCUT2D eigenvalue weighted by molar-refractivity contribution is 5.67. The Morgan fingerprint density at radius 1 is 1.09 bits per heavy atom. The Bertz CT molecular complexity index is 861. The van der Waals surface area contributed by atoms with Crippen LogP contribution < -0.4 is 0 Å². The van der Waals surface area contributed by atoms with Crippen LogP contribution in [-0.2, 0) is 19.3 Å². The lowest BCUT2D eigenvalue weighted by atomic mass is 10.0. The molecule has 0 saturated carbocycles. The molecular formula is C20H21N3. The van der Waals surface area contributed by atoms with Crippen molar-refractivity contribution in [2.45, 2.75) is 39.5 Å². The lowest BCUT2D eigenvalue weighted by molar-refractivity contribution is 0.788. The molecule has 2 heterocycles. The van der Waals surface area contributed by atoms with Crippen molar-refractivity contribution in [1.82, 2.24) is 14.8 Å². The molecule has 1 aromatic carbocycles. The SMILES string of the molecule is CCc1c(C)cnn1-c1cccc(-c2cccc3c2CCC3)n1. The molecule has 0 amide bonds. The first-order valence-corrected chi connectivity index (χ1v) is 8.40. The lowest BCUT2D eigenvalue weighted by Crippen LogP contribution is -2.05. The zero-order chi connectivity index (χ0) is 15.8. The Morgan fingerprint density at radius 2 is 1.96 bits per heavy atom. The summed E-state index contributed by atoms with van der Waals surface area (Å²) in [5.74, 6) is 0.906. The van der Waals surface area contributed by atoms with Crippen LogP contribution in [0.3, 0.4) is 0 Å². The Balaban J connectivity index is 1.82. The molecule has 0 fully saturated rings. The first kappa shape index (κ1) is 14.2. The Hall–Kier alpha value is -2.42.